The number of benzene rings is 3. The number of amides is 1. The van der Waals surface area contributed by atoms with Crippen LogP contribution in [0.4, 0.5) is 15.8 Å². The molecule has 1 fully saturated rings. The summed E-state index contributed by atoms with van der Waals surface area (Å²) in [7, 11) is 0. The lowest BCUT2D eigenvalue weighted by molar-refractivity contribution is -0.130. The molecule has 2 aliphatic heterocycles. The van der Waals surface area contributed by atoms with Gasteiger partial charge in [0.05, 0.1) is 6.04 Å². The zero-order valence-corrected chi connectivity index (χ0v) is 19.5. The van der Waals surface area contributed by atoms with Gasteiger partial charge in [0.1, 0.15) is 17.5 Å². The van der Waals surface area contributed by atoms with E-state index in [4.69, 9.17) is 28.6 Å². The molecule has 3 aromatic rings. The number of halogens is 2. The van der Waals surface area contributed by atoms with Crippen molar-refractivity contribution in [2.75, 3.05) is 10.2 Å². The predicted octanol–water partition coefficient (Wildman–Crippen LogP) is 5.59. The van der Waals surface area contributed by atoms with Crippen molar-refractivity contribution in [2.45, 2.75) is 25.6 Å². The van der Waals surface area contributed by atoms with Crippen LogP contribution >= 0.6 is 23.8 Å². The molecule has 0 spiro atoms. The van der Waals surface area contributed by atoms with Crippen molar-refractivity contribution in [3.05, 3.63) is 88.7 Å². The number of nitrogens with zero attached hydrogens (tertiary/aromatic N) is 1. The van der Waals surface area contributed by atoms with Crippen LogP contribution in [0, 0.1) is 18.7 Å². The van der Waals surface area contributed by atoms with Gasteiger partial charge in [-0.2, -0.15) is 0 Å². The Hall–Kier alpha value is -3.16. The maximum atomic E-state index is 13.7. The zero-order chi connectivity index (χ0) is 23.3. The van der Waals surface area contributed by atoms with E-state index in [-0.39, 0.29) is 11.7 Å². The molecule has 2 bridgehead atoms. The van der Waals surface area contributed by atoms with Crippen LogP contribution in [0.3, 0.4) is 0 Å². The van der Waals surface area contributed by atoms with Gasteiger partial charge in [-0.05, 0) is 80.7 Å². The molecule has 5 nitrogen and oxygen atoms in total. The monoisotopic (exact) mass is 481 g/mol. The lowest BCUT2D eigenvalue weighted by Gasteiger charge is -2.56. The Morgan fingerprint density at radius 3 is 2.55 bits per heavy atom. The molecular weight excluding hydrogens is 461 g/mol. The van der Waals surface area contributed by atoms with E-state index in [1.807, 2.05) is 32.0 Å². The lowest BCUT2D eigenvalue weighted by Crippen LogP contribution is -2.72. The Morgan fingerprint density at radius 2 is 1.85 bits per heavy atom. The van der Waals surface area contributed by atoms with E-state index in [2.05, 4.69) is 10.6 Å². The minimum atomic E-state index is -1.16. The van der Waals surface area contributed by atoms with Gasteiger partial charge in [0.25, 0.3) is 0 Å². The maximum Gasteiger partial charge on any atom is 0.236 e. The SMILES string of the molecule is Cc1ccc2c(c1)C1NC(=S)N(c3ccc(F)cc3)C(C)(O2)C1C(=O)Nc1ccc(Cl)cc1. The van der Waals surface area contributed by atoms with Crippen molar-refractivity contribution in [3.8, 4) is 5.75 Å². The molecule has 0 saturated carbocycles. The molecule has 3 aromatic carbocycles. The highest BCUT2D eigenvalue weighted by atomic mass is 35.5. The lowest BCUT2D eigenvalue weighted by atomic mass is 9.78. The summed E-state index contributed by atoms with van der Waals surface area (Å²) in [6.07, 6.45) is 0. The number of hydrogen-bond donors (Lipinski definition) is 2. The first-order valence-electron chi connectivity index (χ1n) is 10.5. The standard InChI is InChI=1S/C25H21ClFN3O2S/c1-14-3-12-20-19(13-14)22-21(23(31)28-17-8-4-15(26)5-9-17)25(2,32-20)30(24(33)29-22)18-10-6-16(27)7-11-18/h3-13,21-22H,1-2H3,(H,28,31)(H,29,33). The van der Waals surface area contributed by atoms with E-state index in [1.165, 1.54) is 12.1 Å². The highest BCUT2D eigenvalue weighted by molar-refractivity contribution is 7.80. The number of fused-ring (bicyclic) bond motifs is 4. The van der Waals surface area contributed by atoms with Crippen molar-refractivity contribution in [1.29, 1.82) is 0 Å². The molecule has 2 heterocycles. The molecule has 0 aliphatic carbocycles. The Kier molecular flexibility index (Phi) is 5.26. The van der Waals surface area contributed by atoms with E-state index < -0.39 is 17.7 Å². The van der Waals surface area contributed by atoms with E-state index in [9.17, 15) is 9.18 Å². The molecule has 2 aliphatic rings. The van der Waals surface area contributed by atoms with Gasteiger partial charge < -0.3 is 15.4 Å². The van der Waals surface area contributed by atoms with E-state index in [1.54, 1.807) is 41.3 Å². The molecule has 33 heavy (non-hydrogen) atoms. The van der Waals surface area contributed by atoms with Gasteiger partial charge in [0.15, 0.2) is 10.8 Å². The third kappa shape index (κ3) is 3.71. The smallest absolute Gasteiger partial charge is 0.236 e. The fourth-order valence-electron chi connectivity index (χ4n) is 4.64. The molecule has 5 rings (SSSR count). The normalized spacial score (nSPS) is 23.3. The van der Waals surface area contributed by atoms with E-state index in [0.29, 0.717) is 27.3 Å². The van der Waals surface area contributed by atoms with Crippen LogP contribution in [0.15, 0.2) is 66.7 Å². The van der Waals surface area contributed by atoms with Crippen molar-refractivity contribution in [1.82, 2.24) is 5.32 Å². The van der Waals surface area contributed by atoms with Crippen molar-refractivity contribution in [3.63, 3.8) is 0 Å². The molecule has 8 heteroatoms. The van der Waals surface area contributed by atoms with Crippen LogP contribution in [0.5, 0.6) is 5.75 Å². The van der Waals surface area contributed by atoms with Crippen LogP contribution in [0.25, 0.3) is 0 Å². The van der Waals surface area contributed by atoms with Crippen molar-refractivity contribution in [2.24, 2.45) is 5.92 Å². The van der Waals surface area contributed by atoms with Crippen molar-refractivity contribution < 1.29 is 13.9 Å². The Labute approximate surface area is 201 Å². The number of aryl methyl sites for hydroxylation is 1. The molecule has 0 aromatic heterocycles. The van der Waals surface area contributed by atoms with Gasteiger partial charge >= 0.3 is 0 Å². The van der Waals surface area contributed by atoms with Gasteiger partial charge in [-0.1, -0.05) is 29.3 Å². The first-order chi connectivity index (χ1) is 15.8. The number of carbonyl (C=O) groups is 1. The van der Waals surface area contributed by atoms with Crippen LogP contribution in [0.1, 0.15) is 24.1 Å². The fraction of sp³-hybridized carbons (Fsp3) is 0.200. The summed E-state index contributed by atoms with van der Waals surface area (Å²) in [6.45, 7) is 3.83. The highest BCUT2D eigenvalue weighted by Gasteiger charge is 2.59. The second kappa shape index (κ2) is 8.01. The molecule has 1 amide bonds. The summed E-state index contributed by atoms with van der Waals surface area (Å²) >= 11 is 11.7. The van der Waals surface area contributed by atoms with Crippen LogP contribution in [-0.2, 0) is 4.79 Å². The average molecular weight is 482 g/mol. The summed E-state index contributed by atoms with van der Waals surface area (Å²) in [6, 6.07) is 18.4. The topological polar surface area (TPSA) is 53.6 Å². The molecule has 2 N–H and O–H groups in total. The summed E-state index contributed by atoms with van der Waals surface area (Å²) in [5.41, 5.74) is 1.99. The van der Waals surface area contributed by atoms with E-state index in [0.717, 1.165) is 11.1 Å². The van der Waals surface area contributed by atoms with Crippen LogP contribution < -0.4 is 20.3 Å². The largest absolute Gasteiger partial charge is 0.467 e. The third-order valence-corrected chi connectivity index (χ3v) is 6.68. The molecule has 168 valence electrons. The minimum Gasteiger partial charge on any atom is -0.467 e. The maximum absolute atomic E-state index is 13.7. The number of hydrogen-bond acceptors (Lipinski definition) is 3. The molecule has 3 unspecified atom stereocenters. The number of ether oxygens (including phenoxy) is 1. The third-order valence-electron chi connectivity index (χ3n) is 6.13. The molecular formula is C25H21ClFN3O2S. The number of nitrogens with one attached hydrogen (secondary N) is 2. The summed E-state index contributed by atoms with van der Waals surface area (Å²) in [5, 5.41) is 7.31. The zero-order valence-electron chi connectivity index (χ0n) is 17.9. The number of anilines is 2. The predicted molar refractivity (Wildman–Crippen MR) is 131 cm³/mol. The number of thiocarbonyl (C=S) groups is 1. The van der Waals surface area contributed by atoms with Gasteiger partial charge in [-0.3, -0.25) is 9.69 Å². The number of carbonyl (C=O) groups excluding carboxylic acids is 1. The first kappa shape index (κ1) is 21.7. The first-order valence-corrected chi connectivity index (χ1v) is 11.3. The van der Waals surface area contributed by atoms with Gasteiger partial charge in [-0.25, -0.2) is 4.39 Å². The van der Waals surface area contributed by atoms with Gasteiger partial charge in [0, 0.05) is 22.0 Å². The quantitative estimate of drug-likeness (QED) is 0.478. The van der Waals surface area contributed by atoms with Crippen molar-refractivity contribution >= 4 is 46.2 Å². The Morgan fingerprint density at radius 1 is 1.15 bits per heavy atom. The highest BCUT2D eigenvalue weighted by Crippen LogP contribution is 2.50. The molecule has 0 radical (unpaired) electrons. The van der Waals surface area contributed by atoms with E-state index >= 15 is 0 Å². The molecule has 3 atom stereocenters. The Bertz CT molecular complexity index is 1250. The average Bonchev–Trinajstić information content (AvgIpc) is 2.77. The van der Waals surface area contributed by atoms with Crippen LogP contribution in [-0.4, -0.2) is 16.7 Å². The summed E-state index contributed by atoms with van der Waals surface area (Å²) < 4.78 is 20.2. The number of rotatable bonds is 3. The van der Waals surface area contributed by atoms with Crippen LogP contribution in [0.2, 0.25) is 5.02 Å². The van der Waals surface area contributed by atoms with Gasteiger partial charge in [0.2, 0.25) is 5.91 Å². The summed E-state index contributed by atoms with van der Waals surface area (Å²) in [5.74, 6) is -0.607. The summed E-state index contributed by atoms with van der Waals surface area (Å²) in [4.78, 5) is 15.5. The fourth-order valence-corrected chi connectivity index (χ4v) is 5.18. The molecule has 1 saturated heterocycles. The Balaban J connectivity index is 1.62. The minimum absolute atomic E-state index is 0.237. The second-order valence-electron chi connectivity index (χ2n) is 8.41. The second-order valence-corrected chi connectivity index (χ2v) is 9.23. The van der Waals surface area contributed by atoms with Gasteiger partial charge in [-0.15, -0.1) is 0 Å².